The summed E-state index contributed by atoms with van der Waals surface area (Å²) in [6.07, 6.45) is 24.2. The number of furan rings is 2. The molecule has 0 aliphatic carbocycles. The third kappa shape index (κ3) is 23.7. The van der Waals surface area contributed by atoms with Crippen LogP contribution in [0.1, 0.15) is 197 Å². The van der Waals surface area contributed by atoms with Crippen LogP contribution in [0.15, 0.2) is 33.1 Å². The van der Waals surface area contributed by atoms with Crippen LogP contribution in [0.4, 0.5) is 0 Å². The average Bonchev–Trinajstić information content (AvgIpc) is 3.71. The van der Waals surface area contributed by atoms with E-state index in [0.717, 1.165) is 38.5 Å². The molecule has 0 saturated heterocycles. The molecule has 12 heteroatoms. The Morgan fingerprint density at radius 1 is 0.500 bits per heavy atom. The van der Waals surface area contributed by atoms with Crippen molar-refractivity contribution in [1.29, 1.82) is 0 Å². The zero-order valence-corrected chi connectivity index (χ0v) is 32.7. The number of hydrogen-bond donors (Lipinski definition) is 4. The molecule has 0 bridgehead atoms. The molecule has 10 nitrogen and oxygen atoms in total. The summed E-state index contributed by atoms with van der Waals surface area (Å²) >= 11 is 0. The minimum absolute atomic E-state index is 0.124. The summed E-state index contributed by atoms with van der Waals surface area (Å²) in [6.45, 7) is 6.59. The number of rotatable bonds is 29. The van der Waals surface area contributed by atoms with Crippen LogP contribution in [0.2, 0.25) is 0 Å². The van der Waals surface area contributed by atoms with Crippen LogP contribution >= 0.6 is 0 Å². The van der Waals surface area contributed by atoms with Crippen molar-refractivity contribution in [3.05, 3.63) is 47.3 Å². The van der Waals surface area contributed by atoms with Gasteiger partial charge in [-0.05, 0) is 49.4 Å². The molecule has 4 N–H and O–H groups in total. The van der Waals surface area contributed by atoms with E-state index in [-0.39, 0.29) is 17.4 Å². The molecule has 50 heavy (non-hydrogen) atoms. The molecule has 0 saturated carbocycles. The van der Waals surface area contributed by atoms with Crippen molar-refractivity contribution in [3.63, 3.8) is 0 Å². The monoisotopic (exact) mass is 748 g/mol. The van der Waals surface area contributed by atoms with Crippen molar-refractivity contribution < 1.29 is 45.0 Å². The highest BCUT2D eigenvalue weighted by atomic mass is 32.2. The van der Waals surface area contributed by atoms with Gasteiger partial charge in [0.1, 0.15) is 46.8 Å². The third-order valence-corrected chi connectivity index (χ3v) is 10.3. The van der Waals surface area contributed by atoms with E-state index in [2.05, 4.69) is 20.8 Å². The SMILES string of the molecule is CCCCCCC(CCCCCC)C(O)c1ccc(CS(=O)(=O)O)o1.CCCCCCCCCCCCCC(O)c1ccc(CS(=O)(=O)O)o1. The number of unbranched alkanes of at least 4 members (excludes halogenated alkanes) is 16. The molecule has 2 atom stereocenters. The summed E-state index contributed by atoms with van der Waals surface area (Å²) in [5.74, 6) is 0.0804. The molecular formula is C38H68O10S2. The second kappa shape index (κ2) is 27.0. The van der Waals surface area contributed by atoms with E-state index in [1.54, 1.807) is 12.1 Å². The van der Waals surface area contributed by atoms with Gasteiger partial charge in [0.15, 0.2) is 0 Å². The van der Waals surface area contributed by atoms with Crippen molar-refractivity contribution in [2.24, 2.45) is 5.92 Å². The predicted molar refractivity (Wildman–Crippen MR) is 200 cm³/mol. The van der Waals surface area contributed by atoms with Crippen LogP contribution in [0.25, 0.3) is 0 Å². The van der Waals surface area contributed by atoms with Gasteiger partial charge in [0.05, 0.1) is 0 Å². The Morgan fingerprint density at radius 2 is 0.840 bits per heavy atom. The fraction of sp³-hybridized carbons (Fsp3) is 0.789. The maximum absolute atomic E-state index is 11.0. The summed E-state index contributed by atoms with van der Waals surface area (Å²) in [4.78, 5) is 0. The summed E-state index contributed by atoms with van der Waals surface area (Å²) in [7, 11) is -8.23. The minimum atomic E-state index is -4.13. The van der Waals surface area contributed by atoms with Crippen LogP contribution in [0, 0.1) is 5.92 Å². The summed E-state index contributed by atoms with van der Waals surface area (Å²) < 4.78 is 71.9. The van der Waals surface area contributed by atoms with E-state index >= 15 is 0 Å². The maximum atomic E-state index is 11.0. The molecule has 0 aliphatic heterocycles. The van der Waals surface area contributed by atoms with Crippen LogP contribution in [-0.2, 0) is 31.7 Å². The summed E-state index contributed by atoms with van der Waals surface area (Å²) in [5.41, 5.74) is 0. The lowest BCUT2D eigenvalue weighted by Gasteiger charge is -2.21. The Morgan fingerprint density at radius 3 is 1.26 bits per heavy atom. The van der Waals surface area contributed by atoms with Crippen molar-refractivity contribution in [1.82, 2.24) is 0 Å². The lowest BCUT2D eigenvalue weighted by molar-refractivity contribution is 0.0724. The van der Waals surface area contributed by atoms with Crippen molar-refractivity contribution in [3.8, 4) is 0 Å². The zero-order chi connectivity index (χ0) is 37.3. The quantitative estimate of drug-likeness (QED) is 0.0462. The maximum Gasteiger partial charge on any atom is 0.272 e. The van der Waals surface area contributed by atoms with E-state index in [0.29, 0.717) is 17.9 Å². The molecule has 2 heterocycles. The highest BCUT2D eigenvalue weighted by molar-refractivity contribution is 7.85. The molecule has 0 amide bonds. The Kier molecular flexibility index (Phi) is 25.0. The second-order valence-corrected chi connectivity index (χ2v) is 16.7. The molecular weight excluding hydrogens is 681 g/mol. The van der Waals surface area contributed by atoms with Gasteiger partial charge in [-0.1, -0.05) is 143 Å². The number of aliphatic hydroxyl groups is 2. The molecule has 0 aromatic carbocycles. The lowest BCUT2D eigenvalue weighted by atomic mass is 9.88. The molecule has 2 unspecified atom stereocenters. The first-order chi connectivity index (χ1) is 23.8. The van der Waals surface area contributed by atoms with E-state index < -0.39 is 43.9 Å². The standard InChI is InChI=1S/2C19H34O5S/c1-3-5-7-9-11-16(12-10-8-6-4-2)19(20)18-14-13-17(24-18)15-25(21,22)23;1-2-3-4-5-6-7-8-9-10-11-12-13-18(20)19-15-14-17(24-19)16-25(21,22)23/h13-14,16,19-20H,3-12,15H2,1-2H3,(H,21,22,23);14-15,18,20H,2-13,16H2,1H3,(H,21,22,23). The van der Waals surface area contributed by atoms with E-state index in [1.807, 2.05) is 0 Å². The van der Waals surface area contributed by atoms with Gasteiger partial charge in [-0.25, -0.2) is 0 Å². The fourth-order valence-corrected chi connectivity index (χ4v) is 7.17. The Balaban J connectivity index is 0.000000500. The van der Waals surface area contributed by atoms with Crippen LogP contribution in [0.5, 0.6) is 0 Å². The largest absolute Gasteiger partial charge is 0.462 e. The highest BCUT2D eigenvalue weighted by Crippen LogP contribution is 2.32. The zero-order valence-electron chi connectivity index (χ0n) is 31.1. The fourth-order valence-electron chi connectivity index (χ4n) is 6.14. The first-order valence-corrected chi connectivity index (χ1v) is 22.4. The van der Waals surface area contributed by atoms with E-state index in [4.69, 9.17) is 17.9 Å². The van der Waals surface area contributed by atoms with E-state index in [1.165, 1.54) is 108 Å². The Hall–Kier alpha value is -1.70. The van der Waals surface area contributed by atoms with Crippen LogP contribution in [0.3, 0.4) is 0 Å². The molecule has 0 radical (unpaired) electrons. The van der Waals surface area contributed by atoms with Gasteiger partial charge in [0.2, 0.25) is 0 Å². The van der Waals surface area contributed by atoms with Gasteiger partial charge in [-0.2, -0.15) is 16.8 Å². The summed E-state index contributed by atoms with van der Waals surface area (Å²) in [5, 5.41) is 20.8. The number of aliphatic hydroxyl groups excluding tert-OH is 2. The minimum Gasteiger partial charge on any atom is -0.462 e. The number of hydrogen-bond acceptors (Lipinski definition) is 8. The first-order valence-electron chi connectivity index (χ1n) is 19.2. The normalized spacial score (nSPS) is 13.4. The topological polar surface area (TPSA) is 175 Å². The molecule has 2 aromatic rings. The molecule has 0 spiro atoms. The average molecular weight is 749 g/mol. The van der Waals surface area contributed by atoms with Crippen molar-refractivity contribution in [2.45, 2.75) is 186 Å². The molecule has 2 rings (SSSR count). The smallest absolute Gasteiger partial charge is 0.272 e. The molecule has 0 fully saturated rings. The van der Waals surface area contributed by atoms with Gasteiger partial charge in [-0.3, -0.25) is 9.11 Å². The Labute approximate surface area is 303 Å². The van der Waals surface area contributed by atoms with Gasteiger partial charge < -0.3 is 19.0 Å². The van der Waals surface area contributed by atoms with Crippen LogP contribution in [-0.4, -0.2) is 36.2 Å². The van der Waals surface area contributed by atoms with Gasteiger partial charge in [-0.15, -0.1) is 0 Å². The van der Waals surface area contributed by atoms with Gasteiger partial charge in [0, 0.05) is 0 Å². The van der Waals surface area contributed by atoms with Crippen LogP contribution < -0.4 is 0 Å². The second-order valence-electron chi connectivity index (χ2n) is 13.8. The van der Waals surface area contributed by atoms with Gasteiger partial charge >= 0.3 is 0 Å². The molecule has 0 aliphatic rings. The molecule has 292 valence electrons. The molecule has 2 aromatic heterocycles. The first kappa shape index (κ1) is 46.3. The van der Waals surface area contributed by atoms with Gasteiger partial charge in [0.25, 0.3) is 20.2 Å². The lowest BCUT2D eigenvalue weighted by Crippen LogP contribution is -2.12. The van der Waals surface area contributed by atoms with E-state index in [9.17, 15) is 27.0 Å². The summed E-state index contributed by atoms with van der Waals surface area (Å²) in [6, 6.07) is 6.18. The highest BCUT2D eigenvalue weighted by Gasteiger charge is 2.24. The van der Waals surface area contributed by atoms with Crippen molar-refractivity contribution >= 4 is 20.2 Å². The predicted octanol–water partition coefficient (Wildman–Crippen LogP) is 10.7. The van der Waals surface area contributed by atoms with Crippen molar-refractivity contribution in [2.75, 3.05) is 0 Å². The third-order valence-electron chi connectivity index (χ3n) is 9.02. The Bertz CT molecular complexity index is 1300.